The van der Waals surface area contributed by atoms with E-state index in [4.69, 9.17) is 33.0 Å². The first-order valence-corrected chi connectivity index (χ1v) is 5.63. The van der Waals surface area contributed by atoms with Crippen molar-refractivity contribution in [2.45, 2.75) is 24.7 Å². The van der Waals surface area contributed by atoms with E-state index in [1.54, 1.807) is 6.92 Å². The van der Waals surface area contributed by atoms with Crippen LogP contribution in [0.1, 0.15) is 17.3 Å². The van der Waals surface area contributed by atoms with Crippen molar-refractivity contribution in [3.8, 4) is 11.5 Å². The van der Waals surface area contributed by atoms with E-state index in [1.807, 2.05) is 0 Å². The fraction of sp³-hybridized carbons (Fsp3) is 0.364. The monoisotopic (exact) mass is 253 g/mol. The summed E-state index contributed by atoms with van der Waals surface area (Å²) >= 11 is 0. The summed E-state index contributed by atoms with van der Waals surface area (Å²) in [5.74, 6) is -2.76. The molecule has 19 heavy (non-hydrogen) atoms. The summed E-state index contributed by atoms with van der Waals surface area (Å²) in [5.41, 5.74) is 0.362. The average molecular weight is 253 g/mol. The van der Waals surface area contributed by atoms with E-state index in [9.17, 15) is 9.90 Å². The van der Waals surface area contributed by atoms with Gasteiger partial charge in [-0.15, -0.1) is 0 Å². The molecule has 0 aliphatic carbocycles. The molecule has 92 valence electrons. The molecule has 1 aliphatic heterocycles. The van der Waals surface area contributed by atoms with Gasteiger partial charge in [0.15, 0.2) is 17.3 Å². The predicted octanol–water partition coefficient (Wildman–Crippen LogP) is -0.989. The summed E-state index contributed by atoms with van der Waals surface area (Å²) in [5, 5.41) is 12.1. The molecular weight excluding hydrogens is 243 g/mol. The summed E-state index contributed by atoms with van der Waals surface area (Å²) in [4.78, 5) is 12.1. The van der Waals surface area contributed by atoms with E-state index in [0.29, 0.717) is 5.56 Å². The molecule has 2 rings (SSSR count). The maximum absolute atomic E-state index is 12.1. The van der Waals surface area contributed by atoms with Crippen molar-refractivity contribution in [3.63, 3.8) is 0 Å². The van der Waals surface area contributed by atoms with Gasteiger partial charge in [0.25, 0.3) is 0 Å². The molecule has 1 aliphatic rings. The largest absolute Gasteiger partial charge is 0.435 e. The smallest absolute Gasteiger partial charge is 0.302 e. The lowest BCUT2D eigenvalue weighted by Gasteiger charge is -2.16. The van der Waals surface area contributed by atoms with Crippen LogP contribution in [0.2, 0.25) is 0 Å². The van der Waals surface area contributed by atoms with Gasteiger partial charge in [-0.1, -0.05) is 5.84 Å². The first-order valence-electron chi connectivity index (χ1n) is 5.63. The van der Waals surface area contributed by atoms with Crippen LogP contribution in [0.25, 0.3) is 0 Å². The number of hydrogen-bond acceptors (Lipinski definition) is 5. The molecule has 2 atom stereocenters. The van der Waals surface area contributed by atoms with Crippen LogP contribution >= 0.6 is 0 Å². The Balaban J connectivity index is 2.18. The van der Waals surface area contributed by atoms with Crippen molar-refractivity contribution in [1.29, 1.82) is 0 Å². The zero-order valence-electron chi connectivity index (χ0n) is 10.3. The number of fused-ring (bicyclic) bond motifs is 1. The SMILES string of the molecule is [B]C([B])N[C@@H](C)C(=O)c1ccc2c(c1)OC([B])(O)O2. The molecule has 0 fully saturated rings. The molecule has 0 spiro atoms. The van der Waals surface area contributed by atoms with Crippen molar-refractivity contribution in [2.75, 3.05) is 0 Å². The molecule has 1 heterocycles. The molecule has 1 aromatic carbocycles. The first kappa shape index (κ1) is 14.0. The Hall–Kier alpha value is -1.40. The number of ether oxygens (including phenoxy) is 2. The summed E-state index contributed by atoms with van der Waals surface area (Å²) in [6.07, 6.45) is 0. The molecule has 0 saturated carbocycles. The zero-order valence-corrected chi connectivity index (χ0v) is 10.3. The minimum Gasteiger partial charge on any atom is -0.435 e. The van der Waals surface area contributed by atoms with Crippen molar-refractivity contribution in [3.05, 3.63) is 23.8 Å². The fourth-order valence-electron chi connectivity index (χ4n) is 1.78. The van der Waals surface area contributed by atoms with Gasteiger partial charge in [-0.25, -0.2) is 0 Å². The molecule has 6 radical (unpaired) electrons. The van der Waals surface area contributed by atoms with E-state index >= 15 is 0 Å². The van der Waals surface area contributed by atoms with Gasteiger partial charge in [-0.3, -0.25) is 4.79 Å². The second-order valence-electron chi connectivity index (χ2n) is 4.27. The van der Waals surface area contributed by atoms with Crippen LogP contribution in [-0.2, 0) is 0 Å². The Morgan fingerprint density at radius 3 is 2.63 bits per heavy atom. The lowest BCUT2D eigenvalue weighted by molar-refractivity contribution is -0.178. The number of rotatable bonds is 4. The highest BCUT2D eigenvalue weighted by Gasteiger charge is 2.34. The van der Waals surface area contributed by atoms with Crippen LogP contribution in [0, 0.1) is 0 Å². The molecule has 2 N–H and O–H groups in total. The summed E-state index contributed by atoms with van der Waals surface area (Å²) in [6.45, 7) is 1.64. The molecule has 0 aromatic heterocycles. The maximum Gasteiger partial charge on any atom is 0.302 e. The van der Waals surface area contributed by atoms with E-state index in [2.05, 4.69) is 5.32 Å². The number of Topliss-reactive ketones (excluding diaryl/α,β-unsaturated/α-hetero) is 1. The Morgan fingerprint density at radius 2 is 2.00 bits per heavy atom. The number of benzene rings is 1. The Morgan fingerprint density at radius 1 is 1.37 bits per heavy atom. The zero-order chi connectivity index (χ0) is 14.2. The van der Waals surface area contributed by atoms with Crippen LogP contribution < -0.4 is 14.8 Å². The topological polar surface area (TPSA) is 67.8 Å². The molecular formula is C11H10B3NO4. The second-order valence-corrected chi connectivity index (χ2v) is 4.27. The third-order valence-electron chi connectivity index (χ3n) is 2.58. The summed E-state index contributed by atoms with van der Waals surface area (Å²) < 4.78 is 9.83. The molecule has 8 heteroatoms. The van der Waals surface area contributed by atoms with E-state index in [-0.39, 0.29) is 17.3 Å². The summed E-state index contributed by atoms with van der Waals surface area (Å²) in [7, 11) is 16.0. The normalized spacial score (nSPS) is 22.5. The van der Waals surface area contributed by atoms with Gasteiger partial charge in [-0.05, 0) is 25.1 Å². The van der Waals surface area contributed by atoms with Gasteiger partial charge in [0.2, 0.25) is 7.85 Å². The van der Waals surface area contributed by atoms with Gasteiger partial charge in [-0.2, -0.15) is 0 Å². The van der Waals surface area contributed by atoms with Gasteiger partial charge in [0, 0.05) is 5.56 Å². The minimum atomic E-state index is -2.20. The van der Waals surface area contributed by atoms with Gasteiger partial charge in [0.05, 0.1) is 21.7 Å². The second kappa shape index (κ2) is 4.94. The fourth-order valence-corrected chi connectivity index (χ4v) is 1.78. The molecule has 1 unspecified atom stereocenters. The van der Waals surface area contributed by atoms with Crippen molar-refractivity contribution in [1.82, 2.24) is 5.32 Å². The number of nitrogens with one attached hydrogen (secondary N) is 1. The number of hydrogen-bond donors (Lipinski definition) is 2. The summed E-state index contributed by atoms with van der Waals surface area (Å²) in [6, 6.07) is 3.90. The van der Waals surface area contributed by atoms with Gasteiger partial charge >= 0.3 is 5.87 Å². The minimum absolute atomic E-state index is 0.195. The van der Waals surface area contributed by atoms with Gasteiger partial charge < -0.3 is 19.9 Å². The average Bonchev–Trinajstić information content (AvgIpc) is 2.59. The quantitative estimate of drug-likeness (QED) is 0.532. The van der Waals surface area contributed by atoms with Crippen LogP contribution in [0.5, 0.6) is 11.5 Å². The van der Waals surface area contributed by atoms with Crippen LogP contribution in [0.3, 0.4) is 0 Å². The first-order chi connectivity index (χ1) is 8.78. The molecule has 5 nitrogen and oxygen atoms in total. The van der Waals surface area contributed by atoms with E-state index in [0.717, 1.165) is 0 Å². The molecule has 0 amide bonds. The van der Waals surface area contributed by atoms with Gasteiger partial charge in [0.1, 0.15) is 0 Å². The van der Waals surface area contributed by atoms with Crippen molar-refractivity contribution in [2.24, 2.45) is 0 Å². The van der Waals surface area contributed by atoms with Crippen molar-refractivity contribution >= 4 is 29.3 Å². The Bertz CT molecular complexity index is 507. The number of carbonyl (C=O) groups excluding carboxylic acids is 1. The highest BCUT2D eigenvalue weighted by Crippen LogP contribution is 2.37. The molecule has 0 bridgehead atoms. The lowest BCUT2D eigenvalue weighted by Crippen LogP contribution is -2.42. The highest BCUT2D eigenvalue weighted by atomic mass is 16.8. The van der Waals surface area contributed by atoms with E-state index < -0.39 is 17.8 Å². The molecule has 0 saturated heterocycles. The van der Waals surface area contributed by atoms with E-state index in [1.165, 1.54) is 18.2 Å². The highest BCUT2D eigenvalue weighted by molar-refractivity contribution is 6.35. The number of aliphatic hydroxyl groups is 1. The third kappa shape index (κ3) is 3.14. The predicted molar refractivity (Wildman–Crippen MR) is 70.6 cm³/mol. The Kier molecular flexibility index (Phi) is 3.65. The maximum atomic E-state index is 12.1. The standard InChI is InChI=1S/C11H10B3NO4/c1-5(15-10(12)13)9(16)6-2-3-7-8(4-6)19-11(14,17)18-7/h2-5,10,15,17H,1H3/t5-,11?/m0/s1. The van der Waals surface area contributed by atoms with Crippen LogP contribution in [0.4, 0.5) is 0 Å². The third-order valence-corrected chi connectivity index (χ3v) is 2.58. The molecule has 1 aromatic rings. The number of ketones is 1. The number of carbonyl (C=O) groups is 1. The lowest BCUT2D eigenvalue weighted by atomic mass is 9.78. The van der Waals surface area contributed by atoms with Crippen LogP contribution in [-0.4, -0.2) is 52.2 Å². The Labute approximate surface area is 114 Å². The van der Waals surface area contributed by atoms with Crippen LogP contribution in [0.15, 0.2) is 18.2 Å². The van der Waals surface area contributed by atoms with Crippen molar-refractivity contribution < 1.29 is 19.4 Å².